The van der Waals surface area contributed by atoms with Crippen LogP contribution in [-0.4, -0.2) is 27.6 Å². The molecule has 0 amide bonds. The predicted octanol–water partition coefficient (Wildman–Crippen LogP) is 1.59. The fourth-order valence-corrected chi connectivity index (χ4v) is 1.88. The van der Waals surface area contributed by atoms with Crippen molar-refractivity contribution in [3.05, 3.63) is 36.0 Å². The molecule has 0 saturated carbocycles. The summed E-state index contributed by atoms with van der Waals surface area (Å²) in [5.41, 5.74) is 6.61. The molecule has 19 heavy (non-hydrogen) atoms. The van der Waals surface area contributed by atoms with Crippen molar-refractivity contribution in [3.8, 4) is 5.82 Å². The average Bonchev–Trinajstić information content (AvgIpc) is 2.87. The maximum Gasteiger partial charge on any atom is 0.340 e. The summed E-state index contributed by atoms with van der Waals surface area (Å²) < 4.78 is 6.49. The predicted molar refractivity (Wildman–Crippen MR) is 71.1 cm³/mol. The molecule has 2 aromatic rings. The third-order valence-corrected chi connectivity index (χ3v) is 2.79. The number of anilines is 1. The Morgan fingerprint density at radius 1 is 1.42 bits per heavy atom. The molecule has 0 saturated heterocycles. The molecule has 2 heterocycles. The smallest absolute Gasteiger partial charge is 0.340 e. The van der Waals surface area contributed by atoms with Gasteiger partial charge in [0, 0.05) is 25.0 Å². The van der Waals surface area contributed by atoms with E-state index in [0.717, 1.165) is 18.7 Å². The molecule has 2 N–H and O–H groups in total. The van der Waals surface area contributed by atoms with E-state index >= 15 is 0 Å². The van der Waals surface area contributed by atoms with Gasteiger partial charge in [0.25, 0.3) is 0 Å². The number of rotatable bonds is 4. The molecule has 0 atom stereocenters. The summed E-state index contributed by atoms with van der Waals surface area (Å²) in [5, 5.41) is 0. The maximum atomic E-state index is 11.6. The van der Waals surface area contributed by atoms with Crippen molar-refractivity contribution in [1.82, 2.24) is 14.5 Å². The molecule has 0 unspecified atom stereocenters. The highest BCUT2D eigenvalue weighted by molar-refractivity contribution is 5.96. The molecule has 6 nitrogen and oxygen atoms in total. The quantitative estimate of drug-likeness (QED) is 0.844. The number of esters is 1. The van der Waals surface area contributed by atoms with Crippen molar-refractivity contribution in [1.29, 1.82) is 0 Å². The molecule has 0 aliphatic rings. The van der Waals surface area contributed by atoms with Crippen LogP contribution in [-0.2, 0) is 11.2 Å². The van der Waals surface area contributed by atoms with Crippen LogP contribution in [0.5, 0.6) is 0 Å². The number of carbonyl (C=O) groups excluding carboxylic acids is 1. The van der Waals surface area contributed by atoms with E-state index in [1.165, 1.54) is 13.3 Å². The highest BCUT2D eigenvalue weighted by atomic mass is 16.5. The number of nitrogens with two attached hydrogens (primary N) is 1. The van der Waals surface area contributed by atoms with Gasteiger partial charge in [0.05, 0.1) is 18.4 Å². The SMILES string of the molecule is CCCc1nccn1-c1nccc(C(=O)OC)c1N. The second-order valence-electron chi connectivity index (χ2n) is 4.05. The van der Waals surface area contributed by atoms with Crippen LogP contribution in [0.3, 0.4) is 0 Å². The summed E-state index contributed by atoms with van der Waals surface area (Å²) in [6.07, 6.45) is 6.79. The molecule has 0 spiro atoms. The molecule has 100 valence electrons. The van der Waals surface area contributed by atoms with Gasteiger partial charge >= 0.3 is 5.97 Å². The van der Waals surface area contributed by atoms with Crippen LogP contribution in [0.25, 0.3) is 5.82 Å². The summed E-state index contributed by atoms with van der Waals surface area (Å²) in [6, 6.07) is 1.54. The van der Waals surface area contributed by atoms with Gasteiger partial charge in [0.2, 0.25) is 0 Å². The van der Waals surface area contributed by atoms with E-state index in [0.29, 0.717) is 17.1 Å². The molecule has 0 aliphatic heterocycles. The van der Waals surface area contributed by atoms with Crippen molar-refractivity contribution in [3.63, 3.8) is 0 Å². The van der Waals surface area contributed by atoms with Crippen LogP contribution >= 0.6 is 0 Å². The number of hydrogen-bond acceptors (Lipinski definition) is 5. The van der Waals surface area contributed by atoms with Crippen LogP contribution < -0.4 is 5.73 Å². The third-order valence-electron chi connectivity index (χ3n) is 2.79. The molecule has 0 bridgehead atoms. The molecule has 0 radical (unpaired) electrons. The Morgan fingerprint density at radius 3 is 2.89 bits per heavy atom. The van der Waals surface area contributed by atoms with Gasteiger partial charge in [-0.3, -0.25) is 4.57 Å². The lowest BCUT2D eigenvalue weighted by molar-refractivity contribution is 0.0602. The highest BCUT2D eigenvalue weighted by Gasteiger charge is 2.16. The first-order chi connectivity index (χ1) is 9.19. The largest absolute Gasteiger partial charge is 0.465 e. The minimum absolute atomic E-state index is 0.296. The van der Waals surface area contributed by atoms with Crippen LogP contribution in [0, 0.1) is 0 Å². The number of methoxy groups -OCH3 is 1. The van der Waals surface area contributed by atoms with Crippen molar-refractivity contribution >= 4 is 11.7 Å². The number of imidazole rings is 1. The summed E-state index contributed by atoms with van der Waals surface area (Å²) in [5.74, 6) is 0.894. The van der Waals surface area contributed by atoms with Crippen molar-refractivity contribution in [2.45, 2.75) is 19.8 Å². The topological polar surface area (TPSA) is 83.0 Å². The van der Waals surface area contributed by atoms with E-state index in [1.807, 2.05) is 0 Å². The minimum atomic E-state index is -0.474. The van der Waals surface area contributed by atoms with Crippen molar-refractivity contribution in [2.75, 3.05) is 12.8 Å². The van der Waals surface area contributed by atoms with E-state index in [9.17, 15) is 4.79 Å². The minimum Gasteiger partial charge on any atom is -0.465 e. The molecular weight excluding hydrogens is 244 g/mol. The van der Waals surface area contributed by atoms with Crippen LogP contribution in [0.4, 0.5) is 5.69 Å². The number of aromatic nitrogens is 3. The molecule has 0 fully saturated rings. The van der Waals surface area contributed by atoms with Gasteiger partial charge in [-0.1, -0.05) is 6.92 Å². The molecule has 2 rings (SSSR count). The summed E-state index contributed by atoms with van der Waals surface area (Å²) in [4.78, 5) is 20.1. The molecular formula is C13H16N4O2. The molecule has 0 aromatic carbocycles. The van der Waals surface area contributed by atoms with Gasteiger partial charge in [-0.05, 0) is 12.5 Å². The normalized spacial score (nSPS) is 10.4. The number of nitrogens with zero attached hydrogens (tertiary/aromatic N) is 3. The summed E-state index contributed by atoms with van der Waals surface area (Å²) in [7, 11) is 1.32. The Morgan fingerprint density at radius 2 is 2.21 bits per heavy atom. The second kappa shape index (κ2) is 5.51. The zero-order valence-corrected chi connectivity index (χ0v) is 11.0. The fraction of sp³-hybridized carbons (Fsp3) is 0.308. The maximum absolute atomic E-state index is 11.6. The van der Waals surface area contributed by atoms with Gasteiger partial charge in [0.1, 0.15) is 5.82 Å². The van der Waals surface area contributed by atoms with Gasteiger partial charge in [0.15, 0.2) is 5.82 Å². The van der Waals surface area contributed by atoms with Gasteiger partial charge in [-0.15, -0.1) is 0 Å². The first-order valence-corrected chi connectivity index (χ1v) is 6.04. The number of hydrogen-bond donors (Lipinski definition) is 1. The Labute approximate surface area is 111 Å². The number of aryl methyl sites for hydroxylation is 1. The van der Waals surface area contributed by atoms with Gasteiger partial charge < -0.3 is 10.5 Å². The third kappa shape index (κ3) is 2.42. The lowest BCUT2D eigenvalue weighted by Gasteiger charge is -2.11. The van der Waals surface area contributed by atoms with Gasteiger partial charge in [-0.25, -0.2) is 14.8 Å². The fourth-order valence-electron chi connectivity index (χ4n) is 1.88. The standard InChI is InChI=1S/C13H16N4O2/c1-3-4-10-15-7-8-17(10)12-11(14)9(5-6-16-12)13(18)19-2/h5-8H,3-4,14H2,1-2H3. The Kier molecular flexibility index (Phi) is 3.79. The highest BCUT2D eigenvalue weighted by Crippen LogP contribution is 2.21. The van der Waals surface area contributed by atoms with Crippen LogP contribution in [0.2, 0.25) is 0 Å². The number of pyridine rings is 1. The lowest BCUT2D eigenvalue weighted by Crippen LogP contribution is -2.12. The molecule has 6 heteroatoms. The number of carbonyl (C=O) groups is 1. The zero-order valence-electron chi connectivity index (χ0n) is 11.0. The van der Waals surface area contributed by atoms with Crippen LogP contribution in [0.15, 0.2) is 24.7 Å². The summed E-state index contributed by atoms with van der Waals surface area (Å²) in [6.45, 7) is 2.07. The lowest BCUT2D eigenvalue weighted by atomic mass is 10.2. The van der Waals surface area contributed by atoms with E-state index in [2.05, 4.69) is 16.9 Å². The molecule has 2 aromatic heterocycles. The van der Waals surface area contributed by atoms with Crippen LogP contribution in [0.1, 0.15) is 29.5 Å². The number of ether oxygens (including phenoxy) is 1. The average molecular weight is 260 g/mol. The number of nitrogen functional groups attached to an aromatic ring is 1. The zero-order chi connectivity index (χ0) is 13.8. The van der Waals surface area contributed by atoms with Crippen molar-refractivity contribution < 1.29 is 9.53 Å². The first-order valence-electron chi connectivity index (χ1n) is 6.04. The van der Waals surface area contributed by atoms with E-state index in [1.54, 1.807) is 23.0 Å². The summed E-state index contributed by atoms with van der Waals surface area (Å²) >= 11 is 0. The Balaban J connectivity index is 2.51. The van der Waals surface area contributed by atoms with Gasteiger partial charge in [-0.2, -0.15) is 0 Å². The Hall–Kier alpha value is -2.37. The van der Waals surface area contributed by atoms with Crippen molar-refractivity contribution in [2.24, 2.45) is 0 Å². The Bertz CT molecular complexity index is 592. The first kappa shape index (κ1) is 13.1. The monoisotopic (exact) mass is 260 g/mol. The van der Waals surface area contributed by atoms with E-state index < -0.39 is 5.97 Å². The van der Waals surface area contributed by atoms with E-state index in [-0.39, 0.29) is 0 Å². The molecule has 0 aliphatic carbocycles. The second-order valence-corrected chi connectivity index (χ2v) is 4.05. The van der Waals surface area contributed by atoms with E-state index in [4.69, 9.17) is 10.5 Å².